The van der Waals surface area contributed by atoms with Gasteiger partial charge < -0.3 is 5.21 Å². The van der Waals surface area contributed by atoms with Crippen LogP contribution >= 0.6 is 0 Å². The molecule has 2 nitrogen and oxygen atoms in total. The van der Waals surface area contributed by atoms with Gasteiger partial charge in [0.2, 0.25) is 0 Å². The molecule has 3 aromatic carbocycles. The smallest absolute Gasteiger partial charge is 0.337 e. The Kier molecular flexibility index (Phi) is 2.16. The molecule has 0 amide bonds. The van der Waals surface area contributed by atoms with E-state index in [1.807, 2.05) is 48.5 Å². The van der Waals surface area contributed by atoms with Crippen molar-refractivity contribution in [3.8, 4) is 6.07 Å². The predicted octanol–water partition coefficient (Wildman–Crippen LogP) is 4.17. The van der Waals surface area contributed by atoms with Gasteiger partial charge in [0.05, 0.1) is 0 Å². The third-order valence-electron chi connectivity index (χ3n) is 2.93. The molecular formula is C15H9NO. The molecule has 0 saturated heterocycles. The third-order valence-corrected chi connectivity index (χ3v) is 2.93. The van der Waals surface area contributed by atoms with E-state index in [0.717, 1.165) is 21.7 Å². The van der Waals surface area contributed by atoms with Gasteiger partial charge in [0.1, 0.15) is 5.56 Å². The van der Waals surface area contributed by atoms with E-state index in [1.165, 1.54) is 5.39 Å². The van der Waals surface area contributed by atoms with Crippen LogP contribution in [0.4, 0.5) is 0 Å². The van der Waals surface area contributed by atoms with Crippen LogP contribution in [-0.2, 0) is 0 Å². The molecule has 3 aromatic rings. The zero-order valence-corrected chi connectivity index (χ0v) is 9.05. The fraction of sp³-hybridized carbons (Fsp3) is 0. The van der Waals surface area contributed by atoms with Gasteiger partial charge in [-0.1, -0.05) is 48.5 Å². The summed E-state index contributed by atoms with van der Waals surface area (Å²) in [6, 6.07) is 20.5. The number of rotatable bonds is 0. The molecule has 0 fully saturated rings. The van der Waals surface area contributed by atoms with Crippen LogP contribution < -0.4 is 0 Å². The second kappa shape index (κ2) is 3.80. The van der Waals surface area contributed by atoms with Crippen molar-refractivity contribution in [3.63, 3.8) is 0 Å². The van der Waals surface area contributed by atoms with Crippen molar-refractivity contribution in [1.82, 2.24) is 0 Å². The Morgan fingerprint density at radius 2 is 1.47 bits per heavy atom. The van der Waals surface area contributed by atoms with Crippen LogP contribution in [0.2, 0.25) is 0 Å². The summed E-state index contributed by atoms with van der Waals surface area (Å²) in [7, 11) is 0. The SMILES string of the molecule is [O-][N+]#Cc1cc2ccccc2c2ccccc12. The van der Waals surface area contributed by atoms with Gasteiger partial charge in [-0.25, -0.2) is 0 Å². The molecule has 0 aliphatic rings. The Morgan fingerprint density at radius 3 is 2.24 bits per heavy atom. The summed E-state index contributed by atoms with van der Waals surface area (Å²) in [6.07, 6.45) is 0. The van der Waals surface area contributed by atoms with Crippen LogP contribution in [0.3, 0.4) is 0 Å². The van der Waals surface area contributed by atoms with Crippen molar-refractivity contribution in [2.24, 2.45) is 0 Å². The average molecular weight is 219 g/mol. The lowest BCUT2D eigenvalue weighted by Gasteiger charge is -2.04. The fourth-order valence-corrected chi connectivity index (χ4v) is 2.20. The Morgan fingerprint density at radius 1 is 0.824 bits per heavy atom. The van der Waals surface area contributed by atoms with E-state index < -0.39 is 0 Å². The Balaban J connectivity index is 2.57. The highest BCUT2D eigenvalue weighted by atomic mass is 16.4. The summed E-state index contributed by atoms with van der Waals surface area (Å²) >= 11 is 0. The third kappa shape index (κ3) is 1.49. The zero-order chi connectivity index (χ0) is 11.7. The van der Waals surface area contributed by atoms with Crippen LogP contribution in [0.15, 0.2) is 54.6 Å². The first-order chi connectivity index (χ1) is 8.40. The van der Waals surface area contributed by atoms with Gasteiger partial charge in [-0.2, -0.15) is 0 Å². The molecular weight excluding hydrogens is 210 g/mol. The van der Waals surface area contributed by atoms with Gasteiger partial charge in [-0.3, -0.25) is 0 Å². The molecule has 0 bridgehead atoms. The summed E-state index contributed by atoms with van der Waals surface area (Å²) in [4.78, 5) is 0. The molecule has 0 heterocycles. The molecule has 2 heteroatoms. The van der Waals surface area contributed by atoms with Crippen molar-refractivity contribution in [2.45, 2.75) is 0 Å². The predicted molar refractivity (Wildman–Crippen MR) is 71.2 cm³/mol. The van der Waals surface area contributed by atoms with Crippen molar-refractivity contribution in [3.05, 3.63) is 70.4 Å². The summed E-state index contributed by atoms with van der Waals surface area (Å²) in [5, 5.41) is 17.6. The lowest BCUT2D eigenvalue weighted by molar-refractivity contribution is 1.72. The van der Waals surface area contributed by atoms with E-state index in [-0.39, 0.29) is 0 Å². The topological polar surface area (TPSA) is 27.4 Å². The molecule has 0 aliphatic heterocycles. The summed E-state index contributed by atoms with van der Waals surface area (Å²) in [5.41, 5.74) is 0.745. The van der Waals surface area contributed by atoms with Crippen molar-refractivity contribution in [2.75, 3.05) is 0 Å². The molecule has 0 saturated carbocycles. The van der Waals surface area contributed by atoms with E-state index in [4.69, 9.17) is 0 Å². The maximum atomic E-state index is 10.4. The van der Waals surface area contributed by atoms with Gasteiger partial charge in [0.25, 0.3) is 0 Å². The van der Waals surface area contributed by atoms with Gasteiger partial charge >= 0.3 is 6.07 Å². The average Bonchev–Trinajstić information content (AvgIpc) is 2.39. The summed E-state index contributed by atoms with van der Waals surface area (Å²) in [6.45, 7) is 0. The van der Waals surface area contributed by atoms with E-state index in [2.05, 4.69) is 17.1 Å². The molecule has 0 radical (unpaired) electrons. The van der Waals surface area contributed by atoms with Crippen molar-refractivity contribution in [1.29, 1.82) is 0 Å². The highest BCUT2D eigenvalue weighted by molar-refractivity contribution is 6.09. The van der Waals surface area contributed by atoms with E-state index in [0.29, 0.717) is 0 Å². The lowest BCUT2D eigenvalue weighted by atomic mass is 9.98. The Bertz CT molecular complexity index is 766. The molecule has 17 heavy (non-hydrogen) atoms. The number of benzene rings is 3. The fourth-order valence-electron chi connectivity index (χ4n) is 2.20. The maximum absolute atomic E-state index is 10.4. The molecule has 3 rings (SSSR count). The van der Waals surface area contributed by atoms with Crippen molar-refractivity contribution < 1.29 is 0 Å². The van der Waals surface area contributed by atoms with Gasteiger partial charge in [0, 0.05) is 10.4 Å². The van der Waals surface area contributed by atoms with Gasteiger partial charge in [0.15, 0.2) is 0 Å². The van der Waals surface area contributed by atoms with Crippen LogP contribution in [0.5, 0.6) is 0 Å². The van der Waals surface area contributed by atoms with Gasteiger partial charge in [-0.05, 0) is 22.2 Å². The van der Waals surface area contributed by atoms with Crippen LogP contribution in [0, 0.1) is 11.3 Å². The molecule has 0 N–H and O–H groups in total. The number of hydrogen-bond acceptors (Lipinski definition) is 1. The highest BCUT2D eigenvalue weighted by Crippen LogP contribution is 2.28. The van der Waals surface area contributed by atoms with Crippen LogP contribution in [0.25, 0.3) is 26.6 Å². The number of hydrogen-bond donors (Lipinski definition) is 0. The summed E-state index contributed by atoms with van der Waals surface area (Å²) in [5.74, 6) is 0. The summed E-state index contributed by atoms with van der Waals surface area (Å²) < 4.78 is 0. The highest BCUT2D eigenvalue weighted by Gasteiger charge is 2.07. The quantitative estimate of drug-likeness (QED) is 0.412. The molecule has 80 valence electrons. The lowest BCUT2D eigenvalue weighted by Crippen LogP contribution is -1.82. The standard InChI is InChI=1S/C15H9NO/c17-16-10-12-9-11-5-1-2-6-13(11)15-8-4-3-7-14(12)15/h1-9H. The van der Waals surface area contributed by atoms with E-state index in [1.54, 1.807) is 0 Å². The number of nitrogens with zero attached hydrogens (tertiary/aromatic N) is 1. The largest absolute Gasteiger partial charge is 0.498 e. The first-order valence-corrected chi connectivity index (χ1v) is 5.39. The molecule has 0 aromatic heterocycles. The number of fused-ring (bicyclic) bond motifs is 3. The minimum atomic E-state index is 0.745. The van der Waals surface area contributed by atoms with Crippen LogP contribution in [-0.4, -0.2) is 0 Å². The second-order valence-electron chi connectivity index (χ2n) is 3.89. The first-order valence-electron chi connectivity index (χ1n) is 5.39. The van der Waals surface area contributed by atoms with Crippen LogP contribution in [0.1, 0.15) is 5.56 Å². The van der Waals surface area contributed by atoms with E-state index in [9.17, 15) is 5.21 Å². The van der Waals surface area contributed by atoms with E-state index >= 15 is 0 Å². The van der Waals surface area contributed by atoms with Crippen molar-refractivity contribution >= 4 is 21.5 Å². The Labute approximate surface area is 98.5 Å². The monoisotopic (exact) mass is 219 g/mol. The zero-order valence-electron chi connectivity index (χ0n) is 9.05. The van der Waals surface area contributed by atoms with Gasteiger partial charge in [-0.15, -0.1) is 0 Å². The molecule has 0 spiro atoms. The first kappa shape index (κ1) is 9.68. The Hall–Kier alpha value is -2.53. The molecule has 0 unspecified atom stereocenters. The minimum absolute atomic E-state index is 0.745. The molecule has 0 aliphatic carbocycles. The minimum Gasteiger partial charge on any atom is -0.498 e. The molecule has 0 atom stereocenters. The normalized spacial score (nSPS) is 10.1. The maximum Gasteiger partial charge on any atom is 0.337 e. The second-order valence-corrected chi connectivity index (χ2v) is 3.89.